The van der Waals surface area contributed by atoms with Crippen molar-refractivity contribution < 1.29 is 18.7 Å². The van der Waals surface area contributed by atoms with E-state index in [1.807, 2.05) is 18.2 Å². The predicted octanol–water partition coefficient (Wildman–Crippen LogP) is 5.41. The maximum absolute atomic E-state index is 13.5. The second kappa shape index (κ2) is 8.94. The molecular formula is C26H26FN3O3. The van der Waals surface area contributed by atoms with E-state index in [0.29, 0.717) is 18.7 Å². The van der Waals surface area contributed by atoms with Crippen LogP contribution in [0, 0.1) is 5.82 Å². The first-order chi connectivity index (χ1) is 15.7. The third kappa shape index (κ3) is 5.49. The van der Waals surface area contributed by atoms with Gasteiger partial charge >= 0.3 is 6.09 Å². The third-order valence-electron chi connectivity index (χ3n) is 5.13. The topological polar surface area (TPSA) is 83.2 Å². The van der Waals surface area contributed by atoms with E-state index >= 15 is 0 Å². The van der Waals surface area contributed by atoms with Crippen LogP contribution in [0.4, 0.5) is 9.18 Å². The number of ether oxygens (including phenoxy) is 1. The van der Waals surface area contributed by atoms with Crippen molar-refractivity contribution >= 4 is 33.8 Å². The van der Waals surface area contributed by atoms with Gasteiger partial charge in [0.25, 0.3) is 5.91 Å². The molecule has 0 radical (unpaired) electrons. The first-order valence-corrected chi connectivity index (χ1v) is 10.7. The van der Waals surface area contributed by atoms with Gasteiger partial charge in [-0.1, -0.05) is 24.3 Å². The van der Waals surface area contributed by atoms with Gasteiger partial charge in [-0.15, -0.1) is 0 Å². The van der Waals surface area contributed by atoms with Crippen molar-refractivity contribution in [1.29, 1.82) is 0 Å². The molecule has 170 valence electrons. The number of hydrogen-bond donors (Lipinski definition) is 3. The number of halogens is 1. The van der Waals surface area contributed by atoms with Crippen LogP contribution >= 0.6 is 0 Å². The molecule has 0 atom stereocenters. The Morgan fingerprint density at radius 2 is 1.45 bits per heavy atom. The Bertz CT molecular complexity index is 1320. The number of nitrogens with one attached hydrogen (secondary N) is 3. The summed E-state index contributed by atoms with van der Waals surface area (Å²) in [5.74, 6) is -0.478. The second-order valence-corrected chi connectivity index (χ2v) is 8.93. The van der Waals surface area contributed by atoms with Crippen molar-refractivity contribution in [3.8, 4) is 0 Å². The summed E-state index contributed by atoms with van der Waals surface area (Å²) in [5.41, 5.74) is 3.40. The van der Waals surface area contributed by atoms with Crippen molar-refractivity contribution in [2.75, 3.05) is 0 Å². The number of fused-ring (bicyclic) bond motifs is 3. The number of carbonyl (C=O) groups excluding carboxylic acids is 2. The van der Waals surface area contributed by atoms with Crippen molar-refractivity contribution in [3.63, 3.8) is 0 Å². The monoisotopic (exact) mass is 447 g/mol. The second-order valence-electron chi connectivity index (χ2n) is 8.93. The molecule has 0 aliphatic carbocycles. The number of H-pyrrole nitrogens is 1. The molecule has 4 rings (SSSR count). The number of hydrogen-bond acceptors (Lipinski definition) is 3. The van der Waals surface area contributed by atoms with Gasteiger partial charge in [0.2, 0.25) is 0 Å². The zero-order valence-corrected chi connectivity index (χ0v) is 18.8. The number of amides is 2. The van der Waals surface area contributed by atoms with E-state index in [9.17, 15) is 14.0 Å². The van der Waals surface area contributed by atoms with Crippen molar-refractivity contribution in [1.82, 2.24) is 15.6 Å². The maximum Gasteiger partial charge on any atom is 0.407 e. The number of aromatic amines is 1. The molecule has 0 saturated heterocycles. The van der Waals surface area contributed by atoms with E-state index in [2.05, 4.69) is 15.6 Å². The fraction of sp³-hybridized carbons (Fsp3) is 0.231. The zero-order chi connectivity index (χ0) is 23.6. The molecule has 0 spiro atoms. The molecule has 0 fully saturated rings. The average Bonchev–Trinajstić information content (AvgIpc) is 3.11. The Kier molecular flexibility index (Phi) is 6.05. The van der Waals surface area contributed by atoms with Gasteiger partial charge < -0.3 is 20.4 Å². The quantitative estimate of drug-likeness (QED) is 0.382. The Morgan fingerprint density at radius 3 is 2.15 bits per heavy atom. The first kappa shape index (κ1) is 22.3. The van der Waals surface area contributed by atoms with Crippen LogP contribution in [0.2, 0.25) is 0 Å². The number of alkyl carbamates (subject to hydrolysis) is 1. The highest BCUT2D eigenvalue weighted by Gasteiger charge is 2.15. The minimum atomic E-state index is -0.553. The fourth-order valence-corrected chi connectivity index (χ4v) is 3.59. The number of benzene rings is 3. The van der Waals surface area contributed by atoms with E-state index in [4.69, 9.17) is 4.74 Å². The molecule has 3 N–H and O–H groups in total. The summed E-state index contributed by atoms with van der Waals surface area (Å²) in [5, 5.41) is 7.58. The lowest BCUT2D eigenvalue weighted by atomic mass is 10.1. The van der Waals surface area contributed by atoms with E-state index in [0.717, 1.165) is 32.9 Å². The van der Waals surface area contributed by atoms with Gasteiger partial charge in [-0.05, 0) is 68.3 Å². The number of carbonyl (C=O) groups is 2. The molecular weight excluding hydrogens is 421 g/mol. The molecule has 4 aromatic rings. The van der Waals surface area contributed by atoms with Crippen LogP contribution < -0.4 is 10.6 Å². The standard InChI is InChI=1S/C26H26FN3O3/c1-26(2,3)33-25(32)29-14-16-4-7-18(8-5-16)24(31)28-15-17-6-10-20-21-11-9-19(27)13-23(21)30-22(20)12-17/h4-13,30H,14-15H2,1-3H3,(H,28,31)(H,29,32). The van der Waals surface area contributed by atoms with E-state index in [1.165, 1.54) is 12.1 Å². The Hall–Kier alpha value is -3.87. The summed E-state index contributed by atoms with van der Waals surface area (Å²) in [6, 6.07) is 17.6. The average molecular weight is 448 g/mol. The molecule has 0 aliphatic heterocycles. The molecule has 7 heteroatoms. The molecule has 0 saturated carbocycles. The third-order valence-corrected chi connectivity index (χ3v) is 5.13. The van der Waals surface area contributed by atoms with Crippen LogP contribution in [0.25, 0.3) is 21.8 Å². The van der Waals surface area contributed by atoms with Gasteiger partial charge in [0.05, 0.1) is 0 Å². The van der Waals surface area contributed by atoms with Crippen molar-refractivity contribution in [3.05, 3.63) is 83.2 Å². The fourth-order valence-electron chi connectivity index (χ4n) is 3.59. The molecule has 1 heterocycles. The van der Waals surface area contributed by atoms with Crippen LogP contribution in [0.5, 0.6) is 0 Å². The van der Waals surface area contributed by atoms with Crippen LogP contribution in [-0.4, -0.2) is 22.6 Å². The van der Waals surface area contributed by atoms with Crippen LogP contribution in [-0.2, 0) is 17.8 Å². The lowest BCUT2D eigenvalue weighted by Crippen LogP contribution is -2.32. The number of aromatic nitrogens is 1. The van der Waals surface area contributed by atoms with E-state index in [1.54, 1.807) is 51.1 Å². The summed E-state index contributed by atoms with van der Waals surface area (Å²) < 4.78 is 18.7. The molecule has 0 unspecified atom stereocenters. The molecule has 2 amide bonds. The minimum absolute atomic E-state index is 0.194. The van der Waals surface area contributed by atoms with Crippen molar-refractivity contribution in [2.45, 2.75) is 39.5 Å². The van der Waals surface area contributed by atoms with Gasteiger partial charge in [-0.25, -0.2) is 9.18 Å². The van der Waals surface area contributed by atoms with Gasteiger partial charge in [0.15, 0.2) is 0 Å². The lowest BCUT2D eigenvalue weighted by molar-refractivity contribution is 0.0523. The zero-order valence-electron chi connectivity index (χ0n) is 18.8. The first-order valence-electron chi connectivity index (χ1n) is 10.7. The Morgan fingerprint density at radius 1 is 0.848 bits per heavy atom. The number of rotatable bonds is 5. The smallest absolute Gasteiger partial charge is 0.407 e. The Labute approximate surface area is 191 Å². The summed E-state index contributed by atoms with van der Waals surface area (Å²) >= 11 is 0. The van der Waals surface area contributed by atoms with Crippen LogP contribution in [0.15, 0.2) is 60.7 Å². The van der Waals surface area contributed by atoms with Crippen molar-refractivity contribution in [2.24, 2.45) is 0 Å². The van der Waals surface area contributed by atoms with Gasteiger partial charge in [-0.2, -0.15) is 0 Å². The summed E-state index contributed by atoms with van der Waals surface area (Å²) in [6.45, 7) is 6.09. The summed E-state index contributed by atoms with van der Waals surface area (Å²) in [4.78, 5) is 27.5. The van der Waals surface area contributed by atoms with E-state index < -0.39 is 11.7 Å². The Balaban J connectivity index is 1.35. The lowest BCUT2D eigenvalue weighted by Gasteiger charge is -2.19. The molecule has 0 aliphatic rings. The molecule has 1 aromatic heterocycles. The van der Waals surface area contributed by atoms with Crippen LogP contribution in [0.1, 0.15) is 42.3 Å². The molecule has 6 nitrogen and oxygen atoms in total. The van der Waals surface area contributed by atoms with E-state index in [-0.39, 0.29) is 11.7 Å². The van der Waals surface area contributed by atoms with Gasteiger partial charge in [0.1, 0.15) is 11.4 Å². The predicted molar refractivity (Wildman–Crippen MR) is 126 cm³/mol. The van der Waals surface area contributed by atoms with Crippen LogP contribution in [0.3, 0.4) is 0 Å². The molecule has 3 aromatic carbocycles. The largest absolute Gasteiger partial charge is 0.444 e. The molecule has 33 heavy (non-hydrogen) atoms. The van der Waals surface area contributed by atoms with Gasteiger partial charge in [-0.3, -0.25) is 4.79 Å². The van der Waals surface area contributed by atoms with Gasteiger partial charge in [0, 0.05) is 40.5 Å². The highest BCUT2D eigenvalue weighted by atomic mass is 19.1. The summed E-state index contributed by atoms with van der Waals surface area (Å²) in [6.07, 6.45) is -0.485. The normalized spacial score (nSPS) is 11.5. The maximum atomic E-state index is 13.5. The highest BCUT2D eigenvalue weighted by molar-refractivity contribution is 6.07. The minimum Gasteiger partial charge on any atom is -0.444 e. The molecule has 0 bridgehead atoms. The summed E-state index contributed by atoms with van der Waals surface area (Å²) in [7, 11) is 0. The highest BCUT2D eigenvalue weighted by Crippen LogP contribution is 2.26. The SMILES string of the molecule is CC(C)(C)OC(=O)NCc1ccc(C(=O)NCc2ccc3c(c2)[nH]c2cc(F)ccc23)cc1.